The van der Waals surface area contributed by atoms with E-state index in [4.69, 9.17) is 9.57 Å². The molecule has 2 atom stereocenters. The number of rotatable bonds is 3. The molecule has 1 heterocycles. The Morgan fingerprint density at radius 1 is 1.25 bits per heavy atom. The second-order valence-electron chi connectivity index (χ2n) is 4.73. The quantitative estimate of drug-likeness (QED) is 0.792. The minimum Gasteiger partial charge on any atom is -0.363 e. The van der Waals surface area contributed by atoms with Gasteiger partial charge in [0.2, 0.25) is 6.29 Å². The zero-order valence-corrected chi connectivity index (χ0v) is 12.8. The molecule has 0 bridgehead atoms. The lowest BCUT2D eigenvalue weighted by Gasteiger charge is -2.24. The molecule has 1 aliphatic heterocycles. The van der Waals surface area contributed by atoms with E-state index in [-0.39, 0.29) is 11.1 Å². The predicted octanol–water partition coefficient (Wildman–Crippen LogP) is 4.09. The number of halogens is 1. The van der Waals surface area contributed by atoms with Crippen molar-refractivity contribution in [2.24, 2.45) is 5.16 Å². The van der Waals surface area contributed by atoms with Crippen molar-refractivity contribution in [3.05, 3.63) is 48.0 Å². The molecule has 2 aromatic carbocycles. The normalized spacial score (nSPS) is 22.4. The van der Waals surface area contributed by atoms with Gasteiger partial charge in [-0.25, -0.2) is 0 Å². The van der Waals surface area contributed by atoms with Crippen molar-refractivity contribution in [1.82, 2.24) is 0 Å². The molecule has 3 nitrogen and oxygen atoms in total. The Morgan fingerprint density at radius 2 is 2.05 bits per heavy atom. The van der Waals surface area contributed by atoms with E-state index in [0.717, 1.165) is 17.7 Å². The lowest BCUT2D eigenvalue weighted by atomic mass is 10.0. The molecule has 1 aliphatic rings. The summed E-state index contributed by atoms with van der Waals surface area (Å²) in [5.41, 5.74) is 2.01. The first-order valence-electron chi connectivity index (χ1n) is 6.76. The highest BCUT2D eigenvalue weighted by molar-refractivity contribution is 9.10. The highest BCUT2D eigenvalue weighted by atomic mass is 79.9. The van der Waals surface area contributed by atoms with Crippen molar-refractivity contribution >= 4 is 32.4 Å². The number of nitrogens with zero attached hydrogens (tertiary/aromatic N) is 1. The summed E-state index contributed by atoms with van der Waals surface area (Å²) < 4.78 is 5.45. The number of hydrogen-bond donors (Lipinski definition) is 0. The first-order chi connectivity index (χ1) is 9.78. The third-order valence-corrected chi connectivity index (χ3v) is 4.17. The lowest BCUT2D eigenvalue weighted by molar-refractivity contribution is -0.145. The van der Waals surface area contributed by atoms with Gasteiger partial charge >= 0.3 is 0 Å². The van der Waals surface area contributed by atoms with Crippen LogP contribution in [0.3, 0.4) is 0 Å². The average molecular weight is 334 g/mol. The molecule has 0 unspecified atom stereocenters. The molecule has 0 aromatic heterocycles. The Hall–Kier alpha value is -1.39. The molecule has 0 amide bonds. The van der Waals surface area contributed by atoms with Gasteiger partial charge in [-0.2, -0.15) is 0 Å². The van der Waals surface area contributed by atoms with Crippen molar-refractivity contribution in [1.29, 1.82) is 0 Å². The summed E-state index contributed by atoms with van der Waals surface area (Å²) in [4.78, 5) is 5.55. The maximum Gasteiger partial charge on any atom is 0.228 e. The third kappa shape index (κ3) is 2.72. The monoisotopic (exact) mass is 333 g/mol. The molecule has 0 spiro atoms. The average Bonchev–Trinajstić information content (AvgIpc) is 2.47. The summed E-state index contributed by atoms with van der Waals surface area (Å²) in [5.74, 6) is 0. The van der Waals surface area contributed by atoms with E-state index in [0.29, 0.717) is 6.61 Å². The van der Waals surface area contributed by atoms with E-state index >= 15 is 0 Å². The molecular weight excluding hydrogens is 318 g/mol. The van der Waals surface area contributed by atoms with Crippen LogP contribution in [0.15, 0.2) is 47.6 Å². The topological polar surface area (TPSA) is 30.8 Å². The molecule has 0 aliphatic carbocycles. The van der Waals surface area contributed by atoms with Crippen LogP contribution in [-0.4, -0.2) is 23.4 Å². The van der Waals surface area contributed by atoms with E-state index in [2.05, 4.69) is 51.4 Å². The van der Waals surface area contributed by atoms with Crippen LogP contribution in [0.25, 0.3) is 10.8 Å². The summed E-state index contributed by atoms with van der Waals surface area (Å²) in [6.45, 7) is 2.58. The van der Waals surface area contributed by atoms with Gasteiger partial charge in [-0.05, 0) is 23.8 Å². The highest BCUT2D eigenvalue weighted by Crippen LogP contribution is 2.25. The summed E-state index contributed by atoms with van der Waals surface area (Å²) in [5, 5.41) is 6.67. The number of oxime groups is 1. The Kier molecular flexibility index (Phi) is 4.03. The first-order valence-corrected chi connectivity index (χ1v) is 7.68. The van der Waals surface area contributed by atoms with Crippen LogP contribution in [0.5, 0.6) is 0 Å². The smallest absolute Gasteiger partial charge is 0.228 e. The molecule has 0 saturated heterocycles. The van der Waals surface area contributed by atoms with Gasteiger partial charge in [0.25, 0.3) is 0 Å². The van der Waals surface area contributed by atoms with E-state index in [1.165, 1.54) is 10.8 Å². The zero-order chi connectivity index (χ0) is 13.9. The van der Waals surface area contributed by atoms with Gasteiger partial charge in [-0.15, -0.1) is 0 Å². The van der Waals surface area contributed by atoms with Gasteiger partial charge in [-0.3, -0.25) is 0 Å². The summed E-state index contributed by atoms with van der Waals surface area (Å²) in [6.07, 6.45) is 0.507. The maximum absolute atomic E-state index is 5.45. The molecule has 2 aromatic rings. The predicted molar refractivity (Wildman–Crippen MR) is 84.3 cm³/mol. The molecule has 0 saturated carbocycles. The SMILES string of the molecule is CCO[C@H]1C[C@@H](Br)C(c2ccc3ccccc3c2)=NO1. The highest BCUT2D eigenvalue weighted by Gasteiger charge is 2.27. The summed E-state index contributed by atoms with van der Waals surface area (Å²) in [7, 11) is 0. The van der Waals surface area contributed by atoms with E-state index in [1.54, 1.807) is 0 Å². The lowest BCUT2D eigenvalue weighted by Crippen LogP contribution is -2.30. The molecule has 0 fully saturated rings. The fourth-order valence-corrected chi connectivity index (χ4v) is 3.02. The van der Waals surface area contributed by atoms with Gasteiger partial charge in [0.15, 0.2) is 0 Å². The minimum atomic E-state index is -0.256. The van der Waals surface area contributed by atoms with Gasteiger partial charge in [0.05, 0.1) is 4.83 Å². The van der Waals surface area contributed by atoms with Crippen molar-refractivity contribution in [2.75, 3.05) is 6.61 Å². The van der Waals surface area contributed by atoms with Crippen molar-refractivity contribution in [3.63, 3.8) is 0 Å². The number of hydrogen-bond acceptors (Lipinski definition) is 3. The number of ether oxygens (including phenoxy) is 1. The largest absolute Gasteiger partial charge is 0.363 e. The van der Waals surface area contributed by atoms with Crippen molar-refractivity contribution in [3.8, 4) is 0 Å². The third-order valence-electron chi connectivity index (χ3n) is 3.36. The van der Waals surface area contributed by atoms with Gasteiger partial charge < -0.3 is 9.57 Å². The molecular formula is C16H16BrNO2. The molecule has 20 heavy (non-hydrogen) atoms. The van der Waals surface area contributed by atoms with Crippen LogP contribution >= 0.6 is 15.9 Å². The number of benzene rings is 2. The molecule has 0 N–H and O–H groups in total. The Bertz CT molecular complexity index is 641. The summed E-state index contributed by atoms with van der Waals surface area (Å²) in [6, 6.07) is 14.6. The second-order valence-corrected chi connectivity index (χ2v) is 5.84. The van der Waals surface area contributed by atoms with Crippen LogP contribution in [0.4, 0.5) is 0 Å². The van der Waals surface area contributed by atoms with E-state index in [1.807, 2.05) is 19.1 Å². The van der Waals surface area contributed by atoms with Crippen LogP contribution in [0, 0.1) is 0 Å². The second kappa shape index (κ2) is 5.94. The standard InChI is InChI=1S/C16H16BrNO2/c1-2-19-15-10-14(17)16(18-20-15)13-8-7-11-5-3-4-6-12(11)9-13/h3-9,14-15H,2,10H2,1H3/t14-,15-/m1/s1. The van der Waals surface area contributed by atoms with E-state index < -0.39 is 0 Å². The Labute approximate surface area is 126 Å². The van der Waals surface area contributed by atoms with Gasteiger partial charge in [0.1, 0.15) is 5.71 Å². The maximum atomic E-state index is 5.45. The van der Waals surface area contributed by atoms with Crippen LogP contribution in [0.2, 0.25) is 0 Å². The summed E-state index contributed by atoms with van der Waals surface area (Å²) >= 11 is 3.68. The van der Waals surface area contributed by atoms with Crippen LogP contribution < -0.4 is 0 Å². The van der Waals surface area contributed by atoms with Crippen molar-refractivity contribution in [2.45, 2.75) is 24.5 Å². The van der Waals surface area contributed by atoms with Crippen molar-refractivity contribution < 1.29 is 9.57 Å². The van der Waals surface area contributed by atoms with Gasteiger partial charge in [0, 0.05) is 18.6 Å². The Balaban J connectivity index is 1.90. The van der Waals surface area contributed by atoms with Crippen LogP contribution in [0.1, 0.15) is 18.9 Å². The fourth-order valence-electron chi connectivity index (χ4n) is 2.36. The van der Waals surface area contributed by atoms with E-state index in [9.17, 15) is 0 Å². The minimum absolute atomic E-state index is 0.147. The molecule has 0 radical (unpaired) electrons. The molecule has 4 heteroatoms. The van der Waals surface area contributed by atoms with Crippen LogP contribution in [-0.2, 0) is 9.57 Å². The molecule has 3 rings (SSSR count). The molecule has 104 valence electrons. The first kappa shape index (κ1) is 13.6. The Morgan fingerprint density at radius 3 is 2.80 bits per heavy atom. The number of alkyl halides is 1. The fraction of sp³-hybridized carbons (Fsp3) is 0.312. The van der Waals surface area contributed by atoms with Gasteiger partial charge in [-0.1, -0.05) is 57.5 Å². The zero-order valence-electron chi connectivity index (χ0n) is 11.3. The number of fused-ring (bicyclic) bond motifs is 1.